The van der Waals surface area contributed by atoms with Gasteiger partial charge in [0.15, 0.2) is 0 Å². The molecule has 0 fully saturated rings. The van der Waals surface area contributed by atoms with Crippen molar-refractivity contribution < 1.29 is 9.52 Å². The zero-order valence-corrected chi connectivity index (χ0v) is 11.4. The molecular formula is C16H20O2. The predicted molar refractivity (Wildman–Crippen MR) is 72.8 cm³/mol. The van der Waals surface area contributed by atoms with Crippen molar-refractivity contribution in [2.75, 3.05) is 0 Å². The molecule has 1 heterocycles. The van der Waals surface area contributed by atoms with Gasteiger partial charge in [-0.3, -0.25) is 0 Å². The second-order valence-corrected chi connectivity index (χ2v) is 4.87. The van der Waals surface area contributed by atoms with Gasteiger partial charge in [0.05, 0.1) is 0 Å². The summed E-state index contributed by atoms with van der Waals surface area (Å²) in [6.07, 6.45) is 0.171. The molecule has 0 bridgehead atoms. The number of hydrogen-bond acceptors (Lipinski definition) is 2. The predicted octanol–water partition coefficient (Wildman–Crippen LogP) is 3.85. The second kappa shape index (κ2) is 4.99. The number of benzene rings is 1. The summed E-state index contributed by atoms with van der Waals surface area (Å²) >= 11 is 0. The lowest BCUT2D eigenvalue weighted by molar-refractivity contribution is 0.185. The summed E-state index contributed by atoms with van der Waals surface area (Å²) in [7, 11) is 0. The average molecular weight is 244 g/mol. The molecule has 1 unspecified atom stereocenters. The third kappa shape index (κ3) is 2.34. The van der Waals surface area contributed by atoms with Crippen molar-refractivity contribution in [3.8, 4) is 0 Å². The van der Waals surface area contributed by atoms with Crippen LogP contribution >= 0.6 is 0 Å². The van der Waals surface area contributed by atoms with Crippen molar-refractivity contribution in [3.05, 3.63) is 58.0 Å². The molecule has 0 amide bonds. The maximum absolute atomic E-state index is 10.5. The Bertz CT molecular complexity index is 529. The lowest BCUT2D eigenvalue weighted by Crippen LogP contribution is -2.04. The van der Waals surface area contributed by atoms with Gasteiger partial charge in [-0.05, 0) is 49.6 Å². The lowest BCUT2D eigenvalue weighted by atomic mass is 9.94. The Balaban J connectivity index is 2.42. The third-order valence-electron chi connectivity index (χ3n) is 3.31. The van der Waals surface area contributed by atoms with Gasteiger partial charge in [0.1, 0.15) is 17.6 Å². The molecular weight excluding hydrogens is 224 g/mol. The van der Waals surface area contributed by atoms with Crippen molar-refractivity contribution in [1.82, 2.24) is 0 Å². The highest BCUT2D eigenvalue weighted by molar-refractivity contribution is 5.41. The van der Waals surface area contributed by atoms with Crippen LogP contribution in [0.15, 0.2) is 28.7 Å². The van der Waals surface area contributed by atoms with Crippen LogP contribution in [0.3, 0.4) is 0 Å². The first-order valence-corrected chi connectivity index (χ1v) is 6.37. The number of furan rings is 1. The minimum absolute atomic E-state index is 0.627. The fourth-order valence-electron chi connectivity index (χ4n) is 2.50. The monoisotopic (exact) mass is 244 g/mol. The van der Waals surface area contributed by atoms with E-state index in [1.807, 2.05) is 32.9 Å². The minimum atomic E-state index is -0.675. The van der Waals surface area contributed by atoms with Gasteiger partial charge in [-0.2, -0.15) is 0 Å². The summed E-state index contributed by atoms with van der Waals surface area (Å²) in [4.78, 5) is 0. The van der Waals surface area contributed by atoms with Crippen LogP contribution in [0.5, 0.6) is 0 Å². The van der Waals surface area contributed by atoms with E-state index in [1.54, 1.807) is 0 Å². The molecule has 1 aromatic heterocycles. The summed E-state index contributed by atoms with van der Waals surface area (Å²) in [6.45, 7) is 8.17. The second-order valence-electron chi connectivity index (χ2n) is 4.87. The van der Waals surface area contributed by atoms with Gasteiger partial charge in [-0.15, -0.1) is 0 Å². The largest absolute Gasteiger partial charge is 0.463 e. The number of aliphatic hydroxyl groups excluding tert-OH is 1. The van der Waals surface area contributed by atoms with Crippen molar-refractivity contribution in [1.29, 1.82) is 0 Å². The average Bonchev–Trinajstić information content (AvgIpc) is 2.75. The number of rotatable bonds is 3. The minimum Gasteiger partial charge on any atom is -0.463 e. The molecule has 1 N–H and O–H groups in total. The van der Waals surface area contributed by atoms with E-state index < -0.39 is 6.10 Å². The van der Waals surface area contributed by atoms with Gasteiger partial charge >= 0.3 is 0 Å². The van der Waals surface area contributed by atoms with Gasteiger partial charge in [0.2, 0.25) is 0 Å². The molecule has 2 rings (SSSR count). The van der Waals surface area contributed by atoms with E-state index in [-0.39, 0.29) is 0 Å². The maximum atomic E-state index is 10.5. The van der Waals surface area contributed by atoms with E-state index in [0.29, 0.717) is 5.76 Å². The highest BCUT2D eigenvalue weighted by Gasteiger charge is 2.18. The van der Waals surface area contributed by atoms with Crippen molar-refractivity contribution in [3.63, 3.8) is 0 Å². The van der Waals surface area contributed by atoms with Gasteiger partial charge in [0.25, 0.3) is 0 Å². The van der Waals surface area contributed by atoms with Crippen LogP contribution in [0.2, 0.25) is 0 Å². The van der Waals surface area contributed by atoms with Crippen LogP contribution in [0, 0.1) is 20.8 Å². The number of aryl methyl sites for hydroxylation is 4. The number of aliphatic hydroxyl groups is 1. The molecule has 2 heteroatoms. The zero-order chi connectivity index (χ0) is 13.3. The molecule has 1 aromatic carbocycles. The van der Waals surface area contributed by atoms with Crippen molar-refractivity contribution >= 4 is 0 Å². The Labute approximate surface area is 108 Å². The standard InChI is InChI=1S/C16H20O2/c1-5-13-6-7-14(18-13)16(17)15-11(3)8-10(2)9-12(15)4/h6-9,16-17H,5H2,1-4H3. The summed E-state index contributed by atoms with van der Waals surface area (Å²) in [5.41, 5.74) is 4.39. The lowest BCUT2D eigenvalue weighted by Gasteiger charge is -2.15. The Morgan fingerprint density at radius 2 is 1.72 bits per heavy atom. The SMILES string of the molecule is CCc1ccc(C(O)c2c(C)cc(C)cc2C)o1. The highest BCUT2D eigenvalue weighted by atomic mass is 16.4. The maximum Gasteiger partial charge on any atom is 0.137 e. The first-order valence-electron chi connectivity index (χ1n) is 6.37. The van der Waals surface area contributed by atoms with E-state index >= 15 is 0 Å². The van der Waals surface area contributed by atoms with Gasteiger partial charge in [0, 0.05) is 6.42 Å². The summed E-state index contributed by atoms with van der Waals surface area (Å²) in [5, 5.41) is 10.5. The van der Waals surface area contributed by atoms with E-state index in [1.165, 1.54) is 5.56 Å². The first kappa shape index (κ1) is 12.9. The van der Waals surface area contributed by atoms with Crippen LogP contribution in [-0.2, 0) is 6.42 Å². The van der Waals surface area contributed by atoms with E-state index in [0.717, 1.165) is 28.9 Å². The topological polar surface area (TPSA) is 33.4 Å². The van der Waals surface area contributed by atoms with Gasteiger partial charge in [-0.25, -0.2) is 0 Å². The molecule has 2 nitrogen and oxygen atoms in total. The third-order valence-corrected chi connectivity index (χ3v) is 3.31. The summed E-state index contributed by atoms with van der Waals surface area (Å²) in [6, 6.07) is 7.98. The first-order chi connectivity index (χ1) is 8.52. The quantitative estimate of drug-likeness (QED) is 0.889. The Hall–Kier alpha value is -1.54. The normalized spacial score (nSPS) is 12.7. The fraction of sp³-hybridized carbons (Fsp3) is 0.375. The Morgan fingerprint density at radius 3 is 2.22 bits per heavy atom. The van der Waals surface area contributed by atoms with Crippen molar-refractivity contribution in [2.45, 2.75) is 40.2 Å². The molecule has 0 aliphatic rings. The van der Waals surface area contributed by atoms with E-state index in [2.05, 4.69) is 19.1 Å². The fourth-order valence-corrected chi connectivity index (χ4v) is 2.50. The van der Waals surface area contributed by atoms with Crippen molar-refractivity contribution in [2.24, 2.45) is 0 Å². The van der Waals surface area contributed by atoms with Crippen LogP contribution < -0.4 is 0 Å². The molecule has 0 spiro atoms. The number of hydrogen-bond donors (Lipinski definition) is 1. The molecule has 0 saturated heterocycles. The molecule has 0 aliphatic heterocycles. The molecule has 0 radical (unpaired) electrons. The van der Waals surface area contributed by atoms with E-state index in [4.69, 9.17) is 4.42 Å². The molecule has 2 aromatic rings. The van der Waals surface area contributed by atoms with Crippen LogP contribution in [-0.4, -0.2) is 5.11 Å². The molecule has 18 heavy (non-hydrogen) atoms. The van der Waals surface area contributed by atoms with Crippen LogP contribution in [0.1, 0.15) is 46.8 Å². The Kier molecular flexibility index (Phi) is 3.58. The molecule has 96 valence electrons. The summed E-state index contributed by atoms with van der Waals surface area (Å²) in [5.74, 6) is 1.54. The van der Waals surface area contributed by atoms with E-state index in [9.17, 15) is 5.11 Å². The summed E-state index contributed by atoms with van der Waals surface area (Å²) < 4.78 is 5.64. The molecule has 1 atom stereocenters. The van der Waals surface area contributed by atoms with Gasteiger partial charge < -0.3 is 9.52 Å². The smallest absolute Gasteiger partial charge is 0.137 e. The van der Waals surface area contributed by atoms with Gasteiger partial charge in [-0.1, -0.05) is 24.6 Å². The Morgan fingerprint density at radius 1 is 1.11 bits per heavy atom. The van der Waals surface area contributed by atoms with Crippen LogP contribution in [0.25, 0.3) is 0 Å². The molecule has 0 saturated carbocycles. The van der Waals surface area contributed by atoms with Crippen LogP contribution in [0.4, 0.5) is 0 Å². The highest BCUT2D eigenvalue weighted by Crippen LogP contribution is 2.29. The molecule has 0 aliphatic carbocycles. The zero-order valence-electron chi connectivity index (χ0n) is 11.4.